The molecule has 2 heterocycles. The van der Waals surface area contributed by atoms with Gasteiger partial charge in [0.05, 0.1) is 18.2 Å². The summed E-state index contributed by atoms with van der Waals surface area (Å²) in [5.74, 6) is 0.0733. The lowest BCUT2D eigenvalue weighted by Gasteiger charge is -2.15. The van der Waals surface area contributed by atoms with Gasteiger partial charge in [0.2, 0.25) is 5.91 Å². The number of nitrogens with zero attached hydrogens (tertiary/aromatic N) is 2. The van der Waals surface area contributed by atoms with Crippen LogP contribution in [0.15, 0.2) is 0 Å². The van der Waals surface area contributed by atoms with Gasteiger partial charge in [0.1, 0.15) is 0 Å². The third-order valence-electron chi connectivity index (χ3n) is 3.12. The number of carbonyl (C=O) groups is 1. The number of carbonyl (C=O) groups excluding carboxylic acids is 1. The molecule has 1 aliphatic rings. The molecule has 2 N–H and O–H groups in total. The molecule has 0 bridgehead atoms. The maximum absolute atomic E-state index is 11.9. The predicted octanol–water partition coefficient (Wildman–Crippen LogP) is 0.162. The third kappa shape index (κ3) is 2.09. The lowest BCUT2D eigenvalue weighted by atomic mass is 10.1. The van der Waals surface area contributed by atoms with Gasteiger partial charge in [0.15, 0.2) is 0 Å². The molecule has 88 valence electrons. The van der Waals surface area contributed by atoms with Crippen LogP contribution in [0, 0.1) is 13.8 Å². The van der Waals surface area contributed by atoms with Crippen molar-refractivity contribution in [1.82, 2.24) is 15.1 Å². The zero-order valence-electron chi connectivity index (χ0n) is 9.66. The number of amides is 1. The summed E-state index contributed by atoms with van der Waals surface area (Å²) < 4.78 is 0. The topological polar surface area (TPSA) is 69.2 Å². The standard InChI is InChI=1S/C11H17N3O2/c1-7-10(8(2)13-12-7)5-11(16)14-4-3-9(15)6-14/h9,15H,3-6H2,1-2H3,(H,12,13)/t9-/m1/s1. The molecule has 1 aromatic rings. The van der Waals surface area contributed by atoms with Crippen LogP contribution in [0.1, 0.15) is 23.4 Å². The molecule has 16 heavy (non-hydrogen) atoms. The Hall–Kier alpha value is -1.36. The monoisotopic (exact) mass is 223 g/mol. The Morgan fingerprint density at radius 1 is 1.62 bits per heavy atom. The molecule has 1 fully saturated rings. The molecule has 0 radical (unpaired) electrons. The van der Waals surface area contributed by atoms with Crippen LogP contribution in [0.4, 0.5) is 0 Å². The van der Waals surface area contributed by atoms with Crippen LogP contribution in [0.3, 0.4) is 0 Å². The zero-order valence-corrected chi connectivity index (χ0v) is 9.66. The summed E-state index contributed by atoms with van der Waals surface area (Å²) in [6, 6.07) is 0. The van der Waals surface area contributed by atoms with Gasteiger partial charge in [-0.15, -0.1) is 0 Å². The van der Waals surface area contributed by atoms with Crippen LogP contribution in [0.5, 0.6) is 0 Å². The molecule has 2 rings (SSSR count). The fourth-order valence-electron chi connectivity index (χ4n) is 2.07. The van der Waals surface area contributed by atoms with Gasteiger partial charge in [0, 0.05) is 24.3 Å². The van der Waals surface area contributed by atoms with E-state index in [-0.39, 0.29) is 12.0 Å². The highest BCUT2D eigenvalue weighted by Crippen LogP contribution is 2.14. The summed E-state index contributed by atoms with van der Waals surface area (Å²) in [4.78, 5) is 13.7. The highest BCUT2D eigenvalue weighted by molar-refractivity contribution is 5.79. The van der Waals surface area contributed by atoms with E-state index < -0.39 is 0 Å². The van der Waals surface area contributed by atoms with E-state index >= 15 is 0 Å². The van der Waals surface area contributed by atoms with Crippen LogP contribution in [0.2, 0.25) is 0 Å². The Balaban J connectivity index is 2.02. The number of likely N-dealkylation sites (tertiary alicyclic amines) is 1. The predicted molar refractivity (Wildman–Crippen MR) is 59.0 cm³/mol. The quantitative estimate of drug-likeness (QED) is 0.750. The largest absolute Gasteiger partial charge is 0.391 e. The van der Waals surface area contributed by atoms with E-state index in [1.807, 2.05) is 13.8 Å². The van der Waals surface area contributed by atoms with Gasteiger partial charge >= 0.3 is 0 Å². The molecule has 1 atom stereocenters. The van der Waals surface area contributed by atoms with Gasteiger partial charge in [-0.05, 0) is 20.3 Å². The van der Waals surface area contributed by atoms with Crippen LogP contribution >= 0.6 is 0 Å². The number of aliphatic hydroxyl groups excluding tert-OH is 1. The summed E-state index contributed by atoms with van der Waals surface area (Å²) in [6.45, 7) is 4.94. The molecule has 0 unspecified atom stereocenters. The Kier molecular flexibility index (Phi) is 2.96. The van der Waals surface area contributed by atoms with Crippen molar-refractivity contribution in [3.05, 3.63) is 17.0 Å². The number of aromatic amines is 1. The lowest BCUT2D eigenvalue weighted by Crippen LogP contribution is -2.31. The van der Waals surface area contributed by atoms with Gasteiger partial charge in [-0.25, -0.2) is 0 Å². The van der Waals surface area contributed by atoms with Crippen molar-refractivity contribution in [1.29, 1.82) is 0 Å². The Morgan fingerprint density at radius 2 is 2.38 bits per heavy atom. The minimum Gasteiger partial charge on any atom is -0.391 e. The molecule has 1 amide bonds. The average molecular weight is 223 g/mol. The molecular formula is C11H17N3O2. The molecule has 1 aliphatic heterocycles. The number of aryl methyl sites for hydroxylation is 2. The maximum atomic E-state index is 11.9. The lowest BCUT2D eigenvalue weighted by molar-refractivity contribution is -0.129. The highest BCUT2D eigenvalue weighted by Gasteiger charge is 2.25. The van der Waals surface area contributed by atoms with Gasteiger partial charge in [-0.2, -0.15) is 5.10 Å². The van der Waals surface area contributed by atoms with Crippen LogP contribution in [0.25, 0.3) is 0 Å². The van der Waals surface area contributed by atoms with E-state index in [1.165, 1.54) is 0 Å². The highest BCUT2D eigenvalue weighted by atomic mass is 16.3. The maximum Gasteiger partial charge on any atom is 0.227 e. The van der Waals surface area contributed by atoms with E-state index in [0.717, 1.165) is 17.0 Å². The van der Waals surface area contributed by atoms with Crippen molar-refractivity contribution < 1.29 is 9.90 Å². The first-order valence-electron chi connectivity index (χ1n) is 5.54. The number of rotatable bonds is 2. The number of nitrogens with one attached hydrogen (secondary N) is 1. The van der Waals surface area contributed by atoms with Crippen LogP contribution in [-0.2, 0) is 11.2 Å². The Bertz CT molecular complexity index is 380. The zero-order chi connectivity index (χ0) is 11.7. The number of β-amino-alcohol motifs (C(OH)–C–C–N with tert-alkyl or cyclic N) is 1. The van der Waals surface area contributed by atoms with Crippen molar-refractivity contribution in [2.75, 3.05) is 13.1 Å². The third-order valence-corrected chi connectivity index (χ3v) is 3.12. The normalized spacial score (nSPS) is 20.4. The minimum absolute atomic E-state index is 0.0733. The van der Waals surface area contributed by atoms with Crippen molar-refractivity contribution in [3.63, 3.8) is 0 Å². The van der Waals surface area contributed by atoms with Gasteiger partial charge in [-0.1, -0.05) is 0 Å². The first-order chi connectivity index (χ1) is 7.58. The fourth-order valence-corrected chi connectivity index (χ4v) is 2.07. The fraction of sp³-hybridized carbons (Fsp3) is 0.636. The van der Waals surface area contributed by atoms with Crippen molar-refractivity contribution in [2.45, 2.75) is 32.8 Å². The van der Waals surface area contributed by atoms with Crippen LogP contribution < -0.4 is 0 Å². The second kappa shape index (κ2) is 4.25. The molecule has 5 nitrogen and oxygen atoms in total. The van der Waals surface area contributed by atoms with E-state index in [0.29, 0.717) is 25.9 Å². The van der Waals surface area contributed by atoms with E-state index in [2.05, 4.69) is 10.2 Å². The van der Waals surface area contributed by atoms with Gasteiger partial charge in [0.25, 0.3) is 0 Å². The van der Waals surface area contributed by atoms with Crippen LogP contribution in [-0.4, -0.2) is 45.3 Å². The molecular weight excluding hydrogens is 206 g/mol. The van der Waals surface area contributed by atoms with E-state index in [9.17, 15) is 9.90 Å². The van der Waals surface area contributed by atoms with Crippen molar-refractivity contribution in [3.8, 4) is 0 Å². The smallest absolute Gasteiger partial charge is 0.227 e. The van der Waals surface area contributed by atoms with E-state index in [4.69, 9.17) is 0 Å². The SMILES string of the molecule is Cc1n[nH]c(C)c1CC(=O)N1CC[C@@H](O)C1. The average Bonchev–Trinajstić information content (AvgIpc) is 2.79. The van der Waals surface area contributed by atoms with Crippen molar-refractivity contribution >= 4 is 5.91 Å². The number of hydrogen-bond acceptors (Lipinski definition) is 3. The van der Waals surface area contributed by atoms with Gasteiger partial charge in [-0.3, -0.25) is 9.89 Å². The molecule has 5 heteroatoms. The first kappa shape index (κ1) is 11.1. The number of aliphatic hydroxyl groups is 1. The summed E-state index contributed by atoms with van der Waals surface area (Å²) in [5.41, 5.74) is 2.81. The summed E-state index contributed by atoms with van der Waals surface area (Å²) >= 11 is 0. The summed E-state index contributed by atoms with van der Waals surface area (Å²) in [5, 5.41) is 16.3. The van der Waals surface area contributed by atoms with Crippen molar-refractivity contribution in [2.24, 2.45) is 0 Å². The molecule has 1 aromatic heterocycles. The molecule has 1 saturated heterocycles. The van der Waals surface area contributed by atoms with E-state index in [1.54, 1.807) is 4.90 Å². The number of hydrogen-bond donors (Lipinski definition) is 2. The number of H-pyrrole nitrogens is 1. The Labute approximate surface area is 94.5 Å². The molecule has 0 spiro atoms. The summed E-state index contributed by atoms with van der Waals surface area (Å²) in [7, 11) is 0. The summed E-state index contributed by atoms with van der Waals surface area (Å²) in [6.07, 6.45) is 0.714. The first-order valence-corrected chi connectivity index (χ1v) is 5.54. The minimum atomic E-state index is -0.351. The Morgan fingerprint density at radius 3 is 2.88 bits per heavy atom. The van der Waals surface area contributed by atoms with Gasteiger partial charge < -0.3 is 10.0 Å². The second-order valence-electron chi connectivity index (χ2n) is 4.37. The number of aromatic nitrogens is 2. The molecule has 0 saturated carbocycles. The second-order valence-corrected chi connectivity index (χ2v) is 4.37. The molecule has 0 aromatic carbocycles. The molecule has 0 aliphatic carbocycles.